The van der Waals surface area contributed by atoms with Crippen molar-refractivity contribution in [2.75, 3.05) is 0 Å². The number of hydrogen-bond donors (Lipinski definition) is 0. The molecule has 0 bridgehead atoms. The zero-order valence-electron chi connectivity index (χ0n) is 10.8. The largest absolute Gasteiger partial charge is 0.299 e. The van der Waals surface area contributed by atoms with E-state index in [0.29, 0.717) is 12.2 Å². The van der Waals surface area contributed by atoms with Crippen molar-refractivity contribution in [1.29, 1.82) is 0 Å². The van der Waals surface area contributed by atoms with Crippen molar-refractivity contribution in [3.05, 3.63) is 39.4 Å². The average Bonchev–Trinajstić information content (AvgIpc) is 2.30. The molecule has 0 N–H and O–H groups in total. The Balaban J connectivity index is 2.22. The molecule has 0 amide bonds. The molecular formula is C16H17BrO. The van der Waals surface area contributed by atoms with Gasteiger partial charge in [-0.15, -0.1) is 0 Å². The lowest BCUT2D eigenvalue weighted by atomic mass is 9.67. The highest BCUT2D eigenvalue weighted by atomic mass is 79.9. The SMILES string of the molecule is CC1(C)CC2=C(CC(=O)CC2)c2cc(Br)ccc21. The number of ketones is 1. The summed E-state index contributed by atoms with van der Waals surface area (Å²) in [5.41, 5.74) is 5.69. The van der Waals surface area contributed by atoms with Gasteiger partial charge >= 0.3 is 0 Å². The fraction of sp³-hybridized carbons (Fsp3) is 0.438. The van der Waals surface area contributed by atoms with Gasteiger partial charge in [0, 0.05) is 17.3 Å². The molecular weight excluding hydrogens is 288 g/mol. The second kappa shape index (κ2) is 4.06. The van der Waals surface area contributed by atoms with Crippen molar-refractivity contribution < 1.29 is 4.79 Å². The Morgan fingerprint density at radius 3 is 2.78 bits per heavy atom. The molecule has 0 spiro atoms. The van der Waals surface area contributed by atoms with E-state index in [1.165, 1.54) is 22.3 Å². The number of hydrogen-bond acceptors (Lipinski definition) is 1. The van der Waals surface area contributed by atoms with E-state index < -0.39 is 0 Å². The summed E-state index contributed by atoms with van der Waals surface area (Å²) in [6, 6.07) is 6.50. The van der Waals surface area contributed by atoms with Crippen molar-refractivity contribution in [2.24, 2.45) is 0 Å². The molecule has 2 aliphatic carbocycles. The Bertz CT molecular complexity index is 566. The first-order valence-corrected chi connectivity index (χ1v) is 7.30. The fourth-order valence-electron chi connectivity index (χ4n) is 3.32. The average molecular weight is 305 g/mol. The van der Waals surface area contributed by atoms with Crippen molar-refractivity contribution in [1.82, 2.24) is 0 Å². The van der Waals surface area contributed by atoms with Crippen LogP contribution in [0.25, 0.3) is 5.57 Å². The lowest BCUT2D eigenvalue weighted by molar-refractivity contribution is -0.118. The molecule has 1 aromatic rings. The minimum Gasteiger partial charge on any atom is -0.299 e. The van der Waals surface area contributed by atoms with Crippen molar-refractivity contribution in [3.63, 3.8) is 0 Å². The third-order valence-corrected chi connectivity index (χ3v) is 4.69. The molecule has 1 aromatic carbocycles. The van der Waals surface area contributed by atoms with Crippen LogP contribution in [0.2, 0.25) is 0 Å². The maximum atomic E-state index is 11.7. The first-order valence-electron chi connectivity index (χ1n) is 6.50. The van der Waals surface area contributed by atoms with Gasteiger partial charge in [0.15, 0.2) is 0 Å². The number of fused-ring (bicyclic) bond motifs is 2. The maximum Gasteiger partial charge on any atom is 0.137 e. The number of halogens is 1. The highest BCUT2D eigenvalue weighted by molar-refractivity contribution is 9.10. The van der Waals surface area contributed by atoms with Crippen LogP contribution in [0.15, 0.2) is 28.2 Å². The Hall–Kier alpha value is -0.890. The number of allylic oxidation sites excluding steroid dienone is 2. The van der Waals surface area contributed by atoms with E-state index in [0.717, 1.165) is 23.7 Å². The summed E-state index contributed by atoms with van der Waals surface area (Å²) in [6.45, 7) is 4.61. The van der Waals surface area contributed by atoms with E-state index in [9.17, 15) is 4.79 Å². The quantitative estimate of drug-likeness (QED) is 0.682. The second-order valence-electron chi connectivity index (χ2n) is 6.05. The minimum atomic E-state index is 0.190. The Labute approximate surface area is 116 Å². The molecule has 0 heterocycles. The van der Waals surface area contributed by atoms with Gasteiger partial charge in [-0.2, -0.15) is 0 Å². The molecule has 3 rings (SSSR count). The number of benzene rings is 1. The fourth-order valence-corrected chi connectivity index (χ4v) is 3.68. The van der Waals surface area contributed by atoms with Crippen LogP contribution in [0.4, 0.5) is 0 Å². The molecule has 0 atom stereocenters. The number of Topliss-reactive ketones (excluding diaryl/α,β-unsaturated/α-hetero) is 1. The molecule has 0 aliphatic heterocycles. The predicted molar refractivity (Wildman–Crippen MR) is 77.6 cm³/mol. The molecule has 2 aliphatic rings. The van der Waals surface area contributed by atoms with Gasteiger partial charge in [0.05, 0.1) is 0 Å². The molecule has 0 saturated heterocycles. The number of carbonyl (C=O) groups excluding carboxylic acids is 1. The van der Waals surface area contributed by atoms with Crippen LogP contribution in [-0.4, -0.2) is 5.78 Å². The molecule has 0 saturated carbocycles. The molecule has 0 unspecified atom stereocenters. The highest BCUT2D eigenvalue weighted by Gasteiger charge is 2.34. The first kappa shape index (κ1) is 12.2. The van der Waals surface area contributed by atoms with Crippen LogP contribution < -0.4 is 0 Å². The molecule has 1 nitrogen and oxygen atoms in total. The summed E-state index contributed by atoms with van der Waals surface area (Å²) in [6.07, 6.45) is 3.43. The lowest BCUT2D eigenvalue weighted by Crippen LogP contribution is -2.27. The van der Waals surface area contributed by atoms with Crippen LogP contribution in [0.3, 0.4) is 0 Å². The van der Waals surface area contributed by atoms with Crippen LogP contribution in [-0.2, 0) is 10.2 Å². The summed E-state index contributed by atoms with van der Waals surface area (Å²) >= 11 is 3.55. The zero-order valence-corrected chi connectivity index (χ0v) is 12.4. The lowest BCUT2D eigenvalue weighted by Gasteiger charge is -2.37. The van der Waals surface area contributed by atoms with E-state index in [2.05, 4.69) is 48.0 Å². The third-order valence-electron chi connectivity index (χ3n) is 4.20. The van der Waals surface area contributed by atoms with Crippen molar-refractivity contribution in [3.8, 4) is 0 Å². The van der Waals surface area contributed by atoms with Crippen molar-refractivity contribution >= 4 is 27.3 Å². The van der Waals surface area contributed by atoms with Gasteiger partial charge in [-0.3, -0.25) is 4.79 Å². The van der Waals surface area contributed by atoms with E-state index in [-0.39, 0.29) is 5.41 Å². The van der Waals surface area contributed by atoms with Crippen LogP contribution in [0.1, 0.15) is 50.7 Å². The maximum absolute atomic E-state index is 11.7. The van der Waals surface area contributed by atoms with Gasteiger partial charge in [-0.1, -0.05) is 41.4 Å². The van der Waals surface area contributed by atoms with Gasteiger partial charge in [-0.25, -0.2) is 0 Å². The summed E-state index contributed by atoms with van der Waals surface area (Å²) in [5, 5.41) is 0. The van der Waals surface area contributed by atoms with Gasteiger partial charge < -0.3 is 0 Å². The van der Waals surface area contributed by atoms with Gasteiger partial charge in [0.25, 0.3) is 0 Å². The zero-order chi connectivity index (χ0) is 12.9. The molecule has 18 heavy (non-hydrogen) atoms. The first-order chi connectivity index (χ1) is 8.47. The highest BCUT2D eigenvalue weighted by Crippen LogP contribution is 2.47. The predicted octanol–water partition coefficient (Wildman–Crippen LogP) is 4.64. The van der Waals surface area contributed by atoms with Gasteiger partial charge in [-0.05, 0) is 47.1 Å². The number of rotatable bonds is 0. The molecule has 0 aromatic heterocycles. The standard InChI is InChI=1S/C16H17BrO/c1-16(2)9-10-3-5-12(18)8-13(10)14-7-11(17)4-6-15(14)16/h4,6-7H,3,5,8-9H2,1-2H3. The monoisotopic (exact) mass is 304 g/mol. The topological polar surface area (TPSA) is 17.1 Å². The molecule has 0 fully saturated rings. The van der Waals surface area contributed by atoms with Gasteiger partial charge in [0.2, 0.25) is 0 Å². The molecule has 94 valence electrons. The smallest absolute Gasteiger partial charge is 0.137 e. The van der Waals surface area contributed by atoms with E-state index in [1.807, 2.05) is 0 Å². The summed E-state index contributed by atoms with van der Waals surface area (Å²) in [4.78, 5) is 11.7. The normalized spacial score (nSPS) is 21.6. The van der Waals surface area contributed by atoms with Crippen LogP contribution in [0.5, 0.6) is 0 Å². The summed E-state index contributed by atoms with van der Waals surface area (Å²) < 4.78 is 1.10. The number of carbonyl (C=O) groups is 1. The van der Waals surface area contributed by atoms with Gasteiger partial charge in [0.1, 0.15) is 5.78 Å². The minimum absolute atomic E-state index is 0.190. The van der Waals surface area contributed by atoms with E-state index in [4.69, 9.17) is 0 Å². The van der Waals surface area contributed by atoms with E-state index >= 15 is 0 Å². The van der Waals surface area contributed by atoms with Crippen LogP contribution in [0, 0.1) is 0 Å². The van der Waals surface area contributed by atoms with Crippen LogP contribution >= 0.6 is 15.9 Å². The Morgan fingerprint density at radius 2 is 2.00 bits per heavy atom. The Kier molecular flexibility index (Phi) is 2.74. The third kappa shape index (κ3) is 1.87. The summed E-state index contributed by atoms with van der Waals surface area (Å²) in [5.74, 6) is 0.388. The second-order valence-corrected chi connectivity index (χ2v) is 6.96. The molecule has 2 heteroatoms. The van der Waals surface area contributed by atoms with Crippen molar-refractivity contribution in [2.45, 2.75) is 44.9 Å². The molecule has 0 radical (unpaired) electrons. The summed E-state index contributed by atoms with van der Waals surface area (Å²) in [7, 11) is 0. The van der Waals surface area contributed by atoms with E-state index in [1.54, 1.807) is 0 Å². The Morgan fingerprint density at radius 1 is 1.22 bits per heavy atom.